The van der Waals surface area contributed by atoms with Crippen LogP contribution >= 0.6 is 0 Å². The molecule has 0 N–H and O–H groups in total. The Morgan fingerprint density at radius 2 is 0.727 bits per heavy atom. The lowest BCUT2D eigenvalue weighted by Gasteiger charge is -2.35. The Balaban J connectivity index is 5.05. The van der Waals surface area contributed by atoms with Crippen molar-refractivity contribution in [3.8, 4) is 0 Å². The highest BCUT2D eigenvalue weighted by atomic mass is 16.5. The average molecular weight is 934 g/mol. The first-order valence-electron chi connectivity index (χ1n) is 29.4. The van der Waals surface area contributed by atoms with Crippen LogP contribution in [-0.4, -0.2) is 74.1 Å². The minimum Gasteiger partial charge on any atom is -0.465 e. The van der Waals surface area contributed by atoms with Gasteiger partial charge in [-0.15, -0.1) is 0 Å². The Hall–Kier alpha value is -1.63. The van der Waals surface area contributed by atoms with Crippen molar-refractivity contribution in [1.29, 1.82) is 0 Å². The van der Waals surface area contributed by atoms with Gasteiger partial charge in [0.25, 0.3) is 0 Å². The molecule has 0 aliphatic heterocycles. The van der Waals surface area contributed by atoms with Crippen LogP contribution < -0.4 is 0 Å². The number of nitrogens with zero attached hydrogens (tertiary/aromatic N) is 2. The Labute approximate surface area is 412 Å². The number of amides is 1. The van der Waals surface area contributed by atoms with E-state index in [9.17, 15) is 14.4 Å². The van der Waals surface area contributed by atoms with Crippen LogP contribution in [0.3, 0.4) is 0 Å². The molecule has 0 aliphatic rings. The van der Waals surface area contributed by atoms with Gasteiger partial charge in [0.05, 0.1) is 13.2 Å². The van der Waals surface area contributed by atoms with Gasteiger partial charge in [-0.1, -0.05) is 215 Å². The lowest BCUT2D eigenvalue weighted by molar-refractivity contribution is -0.146. The van der Waals surface area contributed by atoms with Gasteiger partial charge < -0.3 is 19.3 Å². The molecule has 0 rings (SSSR count). The molecule has 0 bridgehead atoms. The summed E-state index contributed by atoms with van der Waals surface area (Å²) in [6, 6.07) is 0.305. The van der Waals surface area contributed by atoms with Gasteiger partial charge in [-0.25, -0.2) is 0 Å². The van der Waals surface area contributed by atoms with E-state index in [0.717, 1.165) is 103 Å². The molecule has 66 heavy (non-hydrogen) atoms. The average Bonchev–Trinajstić information content (AvgIpc) is 3.31. The maximum Gasteiger partial charge on any atom is 0.305 e. The van der Waals surface area contributed by atoms with Crippen molar-refractivity contribution < 1.29 is 23.9 Å². The number of unbranched alkanes of at least 4 members (excludes halogenated alkanes) is 22. The van der Waals surface area contributed by atoms with Gasteiger partial charge in [0.15, 0.2) is 0 Å². The second-order valence-corrected chi connectivity index (χ2v) is 21.1. The third-order valence-corrected chi connectivity index (χ3v) is 14.4. The standard InChI is InChI=1S/C59H116N2O5/c1-9-15-20-22-27-34-43-54(41-19-13-5)52-66-58(63)48-38-31-26-24-29-36-46-56(61(50-39-49-60(7)8)59(64)55(14-6)44-32-17-11-3)45-35-28-23-25-30-37-47-57(62)65-51-53(40-18-12-4)42-33-21-16-10-2/h53-56H,9-52H2,1-8H3. The number of rotatable bonds is 51. The van der Waals surface area contributed by atoms with Crippen molar-refractivity contribution in [1.82, 2.24) is 9.80 Å². The van der Waals surface area contributed by atoms with Crippen LogP contribution in [0.15, 0.2) is 0 Å². The highest BCUT2D eigenvalue weighted by Crippen LogP contribution is 2.26. The Morgan fingerprint density at radius 3 is 1.15 bits per heavy atom. The molecule has 0 aromatic heterocycles. The van der Waals surface area contributed by atoms with Crippen molar-refractivity contribution >= 4 is 17.8 Å². The fourth-order valence-electron chi connectivity index (χ4n) is 9.82. The van der Waals surface area contributed by atoms with E-state index < -0.39 is 0 Å². The third kappa shape index (κ3) is 39.2. The zero-order valence-corrected chi connectivity index (χ0v) is 45.9. The SMILES string of the molecule is CCCCCCCCC(CCCC)COC(=O)CCCCCCCCC(CCCCCCCCC(=O)OCC(CCCC)CCCCCC)N(CCCN(C)C)C(=O)C(CC)CCCCC. The molecule has 0 saturated carbocycles. The van der Waals surface area contributed by atoms with Crippen LogP contribution in [0, 0.1) is 17.8 Å². The molecule has 0 spiro atoms. The summed E-state index contributed by atoms with van der Waals surface area (Å²) in [6.07, 6.45) is 45.8. The van der Waals surface area contributed by atoms with E-state index in [2.05, 4.69) is 65.4 Å². The molecule has 0 aromatic carbocycles. The molecule has 0 aliphatic carbocycles. The van der Waals surface area contributed by atoms with Gasteiger partial charge in [0, 0.05) is 31.3 Å². The van der Waals surface area contributed by atoms with Gasteiger partial charge in [0.2, 0.25) is 5.91 Å². The minimum absolute atomic E-state index is 0.00375. The monoisotopic (exact) mass is 933 g/mol. The molecule has 0 saturated heterocycles. The first-order chi connectivity index (χ1) is 32.2. The Bertz CT molecular complexity index is 1070. The molecule has 0 radical (unpaired) electrons. The second-order valence-electron chi connectivity index (χ2n) is 21.1. The molecule has 7 heteroatoms. The zero-order valence-electron chi connectivity index (χ0n) is 45.9. The van der Waals surface area contributed by atoms with Crippen molar-refractivity contribution in [2.24, 2.45) is 17.8 Å². The van der Waals surface area contributed by atoms with Gasteiger partial charge in [-0.05, 0) is 103 Å². The quantitative estimate of drug-likeness (QED) is 0.0447. The summed E-state index contributed by atoms with van der Waals surface area (Å²) < 4.78 is 11.6. The largest absolute Gasteiger partial charge is 0.465 e. The fraction of sp³-hybridized carbons (Fsp3) is 0.949. The van der Waals surface area contributed by atoms with Gasteiger partial charge in [-0.3, -0.25) is 14.4 Å². The van der Waals surface area contributed by atoms with Crippen LogP contribution in [0.2, 0.25) is 0 Å². The molecule has 7 nitrogen and oxygen atoms in total. The number of esters is 2. The minimum atomic E-state index is -0.00734. The lowest BCUT2D eigenvalue weighted by atomic mass is 9.93. The van der Waals surface area contributed by atoms with E-state index in [-0.39, 0.29) is 17.9 Å². The number of ether oxygens (including phenoxy) is 2. The summed E-state index contributed by atoms with van der Waals surface area (Å²) in [5.74, 6) is 1.57. The summed E-state index contributed by atoms with van der Waals surface area (Å²) in [6.45, 7) is 16.6. The number of hydrogen-bond donors (Lipinski definition) is 0. The highest BCUT2D eigenvalue weighted by molar-refractivity contribution is 5.79. The van der Waals surface area contributed by atoms with E-state index in [1.165, 1.54) is 154 Å². The van der Waals surface area contributed by atoms with Crippen LogP contribution in [-0.2, 0) is 23.9 Å². The van der Waals surface area contributed by atoms with Gasteiger partial charge >= 0.3 is 11.9 Å². The van der Waals surface area contributed by atoms with Crippen LogP contribution in [0.1, 0.15) is 298 Å². The maximum absolute atomic E-state index is 14.4. The van der Waals surface area contributed by atoms with Crippen LogP contribution in [0.25, 0.3) is 0 Å². The maximum atomic E-state index is 14.4. The summed E-state index contributed by atoms with van der Waals surface area (Å²) in [4.78, 5) is 44.3. The predicted molar refractivity (Wildman–Crippen MR) is 285 cm³/mol. The van der Waals surface area contributed by atoms with Crippen molar-refractivity contribution in [2.45, 2.75) is 304 Å². The van der Waals surface area contributed by atoms with E-state index in [4.69, 9.17) is 9.47 Å². The molecule has 0 heterocycles. The van der Waals surface area contributed by atoms with Crippen LogP contribution in [0.5, 0.6) is 0 Å². The molecule has 4 atom stereocenters. The Kier molecular flexibility index (Phi) is 47.2. The van der Waals surface area contributed by atoms with Crippen LogP contribution in [0.4, 0.5) is 0 Å². The number of carbonyl (C=O) groups is 3. The van der Waals surface area contributed by atoms with Crippen molar-refractivity contribution in [3.05, 3.63) is 0 Å². The number of carbonyl (C=O) groups excluding carboxylic acids is 3. The van der Waals surface area contributed by atoms with Gasteiger partial charge in [0.1, 0.15) is 0 Å². The van der Waals surface area contributed by atoms with E-state index >= 15 is 0 Å². The van der Waals surface area contributed by atoms with Crippen molar-refractivity contribution in [3.63, 3.8) is 0 Å². The highest BCUT2D eigenvalue weighted by Gasteiger charge is 2.28. The molecule has 1 amide bonds. The molecule has 0 aromatic rings. The Morgan fingerprint density at radius 1 is 0.379 bits per heavy atom. The molecule has 4 unspecified atom stereocenters. The van der Waals surface area contributed by atoms with Crippen molar-refractivity contribution in [2.75, 3.05) is 40.4 Å². The molecule has 392 valence electrons. The van der Waals surface area contributed by atoms with Gasteiger partial charge in [-0.2, -0.15) is 0 Å². The third-order valence-electron chi connectivity index (χ3n) is 14.4. The summed E-state index contributed by atoms with van der Waals surface area (Å²) in [5.41, 5.74) is 0. The summed E-state index contributed by atoms with van der Waals surface area (Å²) in [5, 5.41) is 0. The smallest absolute Gasteiger partial charge is 0.305 e. The first kappa shape index (κ1) is 64.4. The second kappa shape index (κ2) is 48.4. The fourth-order valence-corrected chi connectivity index (χ4v) is 9.82. The summed E-state index contributed by atoms with van der Waals surface area (Å²) in [7, 11) is 4.27. The lowest BCUT2D eigenvalue weighted by Crippen LogP contribution is -2.45. The molecular weight excluding hydrogens is 817 g/mol. The molecular formula is C59H116N2O5. The number of hydrogen-bond acceptors (Lipinski definition) is 6. The van der Waals surface area contributed by atoms with E-state index in [0.29, 0.717) is 49.8 Å². The molecule has 0 fully saturated rings. The zero-order chi connectivity index (χ0) is 48.7. The normalized spacial score (nSPS) is 13.5. The summed E-state index contributed by atoms with van der Waals surface area (Å²) >= 11 is 0. The van der Waals surface area contributed by atoms with E-state index in [1.54, 1.807) is 0 Å². The first-order valence-corrected chi connectivity index (χ1v) is 29.4. The topological polar surface area (TPSA) is 76.2 Å². The van der Waals surface area contributed by atoms with E-state index in [1.807, 2.05) is 0 Å². The predicted octanol–water partition coefficient (Wildman–Crippen LogP) is 17.4.